The number of aromatic hydroxyl groups is 1. The van der Waals surface area contributed by atoms with Crippen LogP contribution < -0.4 is 5.43 Å². The van der Waals surface area contributed by atoms with Gasteiger partial charge in [0.2, 0.25) is 0 Å². The second-order valence-corrected chi connectivity index (χ2v) is 6.09. The molecule has 0 bridgehead atoms. The van der Waals surface area contributed by atoms with Gasteiger partial charge in [-0.1, -0.05) is 23.9 Å². The van der Waals surface area contributed by atoms with Gasteiger partial charge in [-0.25, -0.2) is 10.4 Å². The number of nitrogens with zero attached hydrogens (tertiary/aromatic N) is 2. The number of nitrogens with one attached hydrogen (secondary N) is 2. The molecule has 7 heteroatoms. The minimum absolute atomic E-state index is 0.192. The van der Waals surface area contributed by atoms with E-state index < -0.39 is 0 Å². The van der Waals surface area contributed by atoms with Crippen LogP contribution in [-0.4, -0.2) is 32.4 Å². The summed E-state index contributed by atoms with van der Waals surface area (Å²) >= 11 is 1.32. The number of phenolic OH excluding ortho intramolecular Hbond substituents is 1. The van der Waals surface area contributed by atoms with Crippen molar-refractivity contribution in [3.63, 3.8) is 0 Å². The van der Waals surface area contributed by atoms with Crippen LogP contribution in [0.5, 0.6) is 5.75 Å². The number of carbonyl (C=O) groups excluding carboxylic acids is 1. The Morgan fingerprint density at radius 1 is 1.25 bits per heavy atom. The number of benzene rings is 2. The summed E-state index contributed by atoms with van der Waals surface area (Å²) in [4.78, 5) is 19.5. The third-order valence-corrected chi connectivity index (χ3v) is 4.21. The number of para-hydroxylation sites is 2. The number of carbonyl (C=O) groups is 1. The molecular formula is C17H16N4O2S. The Bertz CT molecular complexity index is 854. The fourth-order valence-corrected chi connectivity index (χ4v) is 2.75. The SMILES string of the molecule is CC(=NNC(=O)CSc1nc2ccccc2[nH]1)c1ccc(O)cc1. The van der Waals surface area contributed by atoms with Gasteiger partial charge in [-0.15, -0.1) is 0 Å². The molecule has 6 nitrogen and oxygen atoms in total. The summed E-state index contributed by atoms with van der Waals surface area (Å²) < 4.78 is 0. The maximum absolute atomic E-state index is 11.9. The van der Waals surface area contributed by atoms with Crippen molar-refractivity contribution >= 4 is 34.4 Å². The monoisotopic (exact) mass is 340 g/mol. The van der Waals surface area contributed by atoms with E-state index in [2.05, 4.69) is 20.5 Å². The highest BCUT2D eigenvalue weighted by atomic mass is 32.2. The highest BCUT2D eigenvalue weighted by Gasteiger charge is 2.06. The number of rotatable bonds is 5. The van der Waals surface area contributed by atoms with Crippen LogP contribution in [0.15, 0.2) is 58.8 Å². The number of aromatic nitrogens is 2. The predicted molar refractivity (Wildman–Crippen MR) is 95.3 cm³/mol. The molecule has 122 valence electrons. The van der Waals surface area contributed by atoms with Crippen LogP contribution in [-0.2, 0) is 4.79 Å². The molecule has 0 atom stereocenters. The summed E-state index contributed by atoms with van der Waals surface area (Å²) in [6, 6.07) is 14.3. The third-order valence-electron chi connectivity index (χ3n) is 3.34. The fourth-order valence-electron chi connectivity index (χ4n) is 2.08. The van der Waals surface area contributed by atoms with Gasteiger partial charge in [-0.2, -0.15) is 5.10 Å². The van der Waals surface area contributed by atoms with Crippen LogP contribution in [0, 0.1) is 0 Å². The Morgan fingerprint density at radius 3 is 2.75 bits per heavy atom. The van der Waals surface area contributed by atoms with Crippen LogP contribution >= 0.6 is 11.8 Å². The van der Waals surface area contributed by atoms with Gasteiger partial charge in [0, 0.05) is 0 Å². The number of amides is 1. The average Bonchev–Trinajstić information content (AvgIpc) is 3.01. The molecule has 0 saturated heterocycles. The second kappa shape index (κ2) is 7.18. The first-order valence-electron chi connectivity index (χ1n) is 7.32. The molecule has 3 aromatic rings. The lowest BCUT2D eigenvalue weighted by atomic mass is 10.1. The zero-order valence-electron chi connectivity index (χ0n) is 13.0. The van der Waals surface area contributed by atoms with Gasteiger partial charge in [0.25, 0.3) is 5.91 Å². The molecule has 3 rings (SSSR count). The fraction of sp³-hybridized carbons (Fsp3) is 0.118. The van der Waals surface area contributed by atoms with Gasteiger partial charge in [0.05, 0.1) is 22.5 Å². The summed E-state index contributed by atoms with van der Waals surface area (Å²) in [7, 11) is 0. The summed E-state index contributed by atoms with van der Waals surface area (Å²) in [5, 5.41) is 14.0. The lowest BCUT2D eigenvalue weighted by Crippen LogP contribution is -2.21. The lowest BCUT2D eigenvalue weighted by Gasteiger charge is -2.02. The van der Waals surface area contributed by atoms with E-state index in [1.54, 1.807) is 31.2 Å². The van der Waals surface area contributed by atoms with Crippen molar-refractivity contribution in [3.8, 4) is 5.75 Å². The molecule has 0 radical (unpaired) electrons. The maximum atomic E-state index is 11.9. The molecule has 1 heterocycles. The number of hydrazone groups is 1. The van der Waals surface area contributed by atoms with Gasteiger partial charge in [0.15, 0.2) is 5.16 Å². The number of fused-ring (bicyclic) bond motifs is 1. The van der Waals surface area contributed by atoms with Crippen molar-refractivity contribution in [1.82, 2.24) is 15.4 Å². The number of hydrogen-bond donors (Lipinski definition) is 3. The van der Waals surface area contributed by atoms with E-state index in [0.717, 1.165) is 16.6 Å². The van der Waals surface area contributed by atoms with Gasteiger partial charge >= 0.3 is 0 Å². The maximum Gasteiger partial charge on any atom is 0.250 e. The summed E-state index contributed by atoms with van der Waals surface area (Å²) in [6.07, 6.45) is 0. The predicted octanol–water partition coefficient (Wildman–Crippen LogP) is 2.90. The third kappa shape index (κ3) is 3.94. The molecular weight excluding hydrogens is 324 g/mol. The minimum atomic E-state index is -0.210. The zero-order valence-corrected chi connectivity index (χ0v) is 13.8. The van der Waals surface area contributed by atoms with E-state index in [-0.39, 0.29) is 17.4 Å². The van der Waals surface area contributed by atoms with Crippen molar-refractivity contribution in [3.05, 3.63) is 54.1 Å². The average molecular weight is 340 g/mol. The van der Waals surface area contributed by atoms with E-state index in [0.29, 0.717) is 10.9 Å². The highest BCUT2D eigenvalue weighted by Crippen LogP contribution is 2.18. The van der Waals surface area contributed by atoms with Crippen LogP contribution in [0.3, 0.4) is 0 Å². The first-order chi connectivity index (χ1) is 11.6. The van der Waals surface area contributed by atoms with Gasteiger partial charge < -0.3 is 10.1 Å². The van der Waals surface area contributed by atoms with E-state index in [9.17, 15) is 9.90 Å². The first-order valence-corrected chi connectivity index (χ1v) is 8.30. The largest absolute Gasteiger partial charge is 0.508 e. The van der Waals surface area contributed by atoms with Crippen molar-refractivity contribution in [2.45, 2.75) is 12.1 Å². The topological polar surface area (TPSA) is 90.4 Å². The highest BCUT2D eigenvalue weighted by molar-refractivity contribution is 7.99. The molecule has 0 saturated carbocycles. The van der Waals surface area contributed by atoms with Crippen LogP contribution in [0.1, 0.15) is 12.5 Å². The summed E-state index contributed by atoms with van der Waals surface area (Å²) in [5.41, 5.74) is 5.84. The molecule has 0 spiro atoms. The Hall–Kier alpha value is -2.80. The number of hydrogen-bond acceptors (Lipinski definition) is 5. The second-order valence-electron chi connectivity index (χ2n) is 5.13. The number of aromatic amines is 1. The Morgan fingerprint density at radius 2 is 2.00 bits per heavy atom. The van der Waals surface area contributed by atoms with Crippen LogP contribution in [0.4, 0.5) is 0 Å². The normalized spacial score (nSPS) is 11.6. The molecule has 0 aliphatic heterocycles. The van der Waals surface area contributed by atoms with Crippen molar-refractivity contribution in [2.24, 2.45) is 5.10 Å². The molecule has 24 heavy (non-hydrogen) atoms. The Labute approximate surface area is 143 Å². The number of imidazole rings is 1. The van der Waals surface area contributed by atoms with Gasteiger partial charge in [0.1, 0.15) is 5.75 Å². The Kier molecular flexibility index (Phi) is 4.81. The smallest absolute Gasteiger partial charge is 0.250 e. The molecule has 3 N–H and O–H groups in total. The zero-order chi connectivity index (χ0) is 16.9. The van der Waals surface area contributed by atoms with Crippen molar-refractivity contribution in [1.29, 1.82) is 0 Å². The summed E-state index contributed by atoms with van der Waals surface area (Å²) in [5.74, 6) is 0.197. The van der Waals surface area contributed by atoms with Crippen LogP contribution in [0.2, 0.25) is 0 Å². The van der Waals surface area contributed by atoms with Crippen molar-refractivity contribution < 1.29 is 9.90 Å². The molecule has 2 aromatic carbocycles. The minimum Gasteiger partial charge on any atom is -0.508 e. The van der Waals surface area contributed by atoms with Gasteiger partial charge in [-0.05, 0) is 48.9 Å². The van der Waals surface area contributed by atoms with Gasteiger partial charge in [-0.3, -0.25) is 4.79 Å². The number of H-pyrrole nitrogens is 1. The molecule has 0 fully saturated rings. The number of phenols is 1. The van der Waals surface area contributed by atoms with E-state index in [4.69, 9.17) is 0 Å². The molecule has 1 aromatic heterocycles. The molecule has 0 aliphatic carbocycles. The summed E-state index contributed by atoms with van der Waals surface area (Å²) in [6.45, 7) is 1.79. The molecule has 0 aliphatic rings. The quantitative estimate of drug-likeness (QED) is 0.378. The van der Waals surface area contributed by atoms with E-state index >= 15 is 0 Å². The van der Waals surface area contributed by atoms with E-state index in [1.807, 2.05) is 24.3 Å². The Balaban J connectivity index is 1.55. The standard InChI is InChI=1S/C17H16N4O2S/c1-11(12-6-8-13(22)9-7-12)20-21-16(23)10-24-17-18-14-4-2-3-5-15(14)19-17/h2-9,22H,10H2,1H3,(H,18,19)(H,21,23). The molecule has 1 amide bonds. The first kappa shape index (κ1) is 16.1. The van der Waals surface area contributed by atoms with Crippen LogP contribution in [0.25, 0.3) is 11.0 Å². The molecule has 0 unspecified atom stereocenters. The van der Waals surface area contributed by atoms with Crippen molar-refractivity contribution in [2.75, 3.05) is 5.75 Å². The number of thioether (sulfide) groups is 1. The lowest BCUT2D eigenvalue weighted by molar-refractivity contribution is -0.118. The van der Waals surface area contributed by atoms with E-state index in [1.165, 1.54) is 11.8 Å².